The Labute approximate surface area is 153 Å². The summed E-state index contributed by atoms with van der Waals surface area (Å²) in [4.78, 5) is 4.73. The maximum Gasteiger partial charge on any atom is 0.416 e. The summed E-state index contributed by atoms with van der Waals surface area (Å²) in [6.07, 6.45) is -8.90. The summed E-state index contributed by atoms with van der Waals surface area (Å²) in [6.45, 7) is 0. The van der Waals surface area contributed by atoms with Crippen LogP contribution in [0.15, 0.2) is 52.9 Å². The molecule has 3 aromatic rings. The number of thiazole rings is 1. The van der Waals surface area contributed by atoms with Crippen LogP contribution >= 0.6 is 24.0 Å². The minimum absolute atomic E-state index is 0.356. The lowest BCUT2D eigenvalue weighted by molar-refractivity contribution is -0.138. The van der Waals surface area contributed by atoms with Crippen molar-refractivity contribution < 1.29 is 26.3 Å². The molecule has 2 aromatic carbocycles. The van der Waals surface area contributed by atoms with E-state index in [1.54, 1.807) is 0 Å². The zero-order chi connectivity index (χ0) is 19.1. The second kappa shape index (κ2) is 6.62. The number of thiol groups is 1. The summed E-state index contributed by atoms with van der Waals surface area (Å²) in [6, 6.07) is 8.92. The van der Waals surface area contributed by atoms with Crippen molar-refractivity contribution in [1.82, 2.24) is 4.98 Å². The molecule has 0 spiro atoms. The van der Waals surface area contributed by atoms with E-state index in [2.05, 4.69) is 17.6 Å². The Hall–Kier alpha value is -2.00. The van der Waals surface area contributed by atoms with Crippen LogP contribution in [0.2, 0.25) is 0 Å². The molecular weight excluding hydrogens is 396 g/mol. The Bertz CT molecular complexity index is 833. The monoisotopic (exact) mass is 405 g/mol. The van der Waals surface area contributed by atoms with Crippen LogP contribution in [0, 0.1) is 0 Å². The van der Waals surface area contributed by atoms with E-state index >= 15 is 0 Å². The smallest absolute Gasteiger partial charge is 0.229 e. The predicted octanol–water partition coefficient (Wildman–Crippen LogP) is 6.80. The Balaban J connectivity index is 2.01. The summed E-state index contributed by atoms with van der Waals surface area (Å²) in [5, 5.41) is 0. The molecule has 0 saturated heterocycles. The number of alkyl halides is 6. The number of rotatable bonds is 2. The Morgan fingerprint density at radius 3 is 1.54 bits per heavy atom. The topological polar surface area (TPSA) is 12.9 Å². The van der Waals surface area contributed by atoms with Gasteiger partial charge in [-0.3, -0.25) is 0 Å². The molecule has 0 bridgehead atoms. The normalized spacial score (nSPS) is 12.4. The van der Waals surface area contributed by atoms with Gasteiger partial charge in [-0.2, -0.15) is 26.3 Å². The molecule has 1 heterocycles. The van der Waals surface area contributed by atoms with Gasteiger partial charge >= 0.3 is 12.4 Å². The fraction of sp³-hybridized carbons (Fsp3) is 0.118. The Kier molecular flexibility index (Phi) is 4.78. The first-order valence-corrected chi connectivity index (χ1v) is 8.37. The van der Waals surface area contributed by atoms with E-state index in [-0.39, 0.29) is 0 Å². The van der Waals surface area contributed by atoms with E-state index in [4.69, 9.17) is 0 Å². The van der Waals surface area contributed by atoms with Crippen LogP contribution < -0.4 is 0 Å². The van der Waals surface area contributed by atoms with Crippen molar-refractivity contribution in [2.24, 2.45) is 0 Å². The SMILES string of the molecule is FC(F)(F)c1ccc(-c2nc(S)sc2-c2ccc(C(F)(F)F)cc2)cc1. The number of hydrogen-bond acceptors (Lipinski definition) is 3. The lowest BCUT2D eigenvalue weighted by Gasteiger charge is -2.09. The molecule has 0 atom stereocenters. The number of benzene rings is 2. The first-order chi connectivity index (χ1) is 12.1. The first-order valence-electron chi connectivity index (χ1n) is 7.11. The van der Waals surface area contributed by atoms with E-state index in [1.165, 1.54) is 24.3 Å². The van der Waals surface area contributed by atoms with Crippen molar-refractivity contribution in [2.75, 3.05) is 0 Å². The number of nitrogens with zero attached hydrogens (tertiary/aromatic N) is 1. The highest BCUT2D eigenvalue weighted by atomic mass is 32.2. The largest absolute Gasteiger partial charge is 0.416 e. The van der Waals surface area contributed by atoms with Gasteiger partial charge in [0, 0.05) is 5.56 Å². The summed E-state index contributed by atoms with van der Waals surface area (Å²) in [5.41, 5.74) is -0.310. The van der Waals surface area contributed by atoms with Gasteiger partial charge in [0.15, 0.2) is 0 Å². The molecule has 0 radical (unpaired) electrons. The average Bonchev–Trinajstić information content (AvgIpc) is 2.95. The molecule has 0 aliphatic carbocycles. The van der Waals surface area contributed by atoms with E-state index in [0.717, 1.165) is 35.6 Å². The molecule has 9 heteroatoms. The molecule has 136 valence electrons. The number of aromatic nitrogens is 1. The van der Waals surface area contributed by atoms with Crippen LogP contribution in [0.25, 0.3) is 21.7 Å². The zero-order valence-corrected chi connectivity index (χ0v) is 14.4. The Morgan fingerprint density at radius 2 is 1.12 bits per heavy atom. The molecule has 26 heavy (non-hydrogen) atoms. The number of halogens is 6. The maximum atomic E-state index is 12.7. The van der Waals surface area contributed by atoms with Crippen LogP contribution in [-0.2, 0) is 12.4 Å². The molecule has 0 saturated carbocycles. The standard InChI is InChI=1S/C17H9F6NS2/c18-16(19,20)11-5-1-9(2-6-11)13-14(26-15(25)24-13)10-3-7-12(8-4-10)17(21,22)23/h1-8H,(H,24,25). The highest BCUT2D eigenvalue weighted by Crippen LogP contribution is 2.40. The molecule has 0 amide bonds. The van der Waals surface area contributed by atoms with Crippen molar-refractivity contribution in [1.29, 1.82) is 0 Å². The highest BCUT2D eigenvalue weighted by molar-refractivity contribution is 7.82. The molecule has 0 unspecified atom stereocenters. The van der Waals surface area contributed by atoms with E-state index in [9.17, 15) is 26.3 Å². The van der Waals surface area contributed by atoms with Crippen molar-refractivity contribution >= 4 is 24.0 Å². The van der Waals surface area contributed by atoms with E-state index in [0.29, 0.717) is 26.0 Å². The minimum atomic E-state index is -4.45. The minimum Gasteiger partial charge on any atom is -0.229 e. The Morgan fingerprint density at radius 1 is 0.692 bits per heavy atom. The average molecular weight is 405 g/mol. The van der Waals surface area contributed by atoms with Gasteiger partial charge in [0.1, 0.15) is 4.34 Å². The molecule has 0 aliphatic heterocycles. The second-order valence-electron chi connectivity index (χ2n) is 5.32. The molecule has 0 N–H and O–H groups in total. The van der Waals surface area contributed by atoms with Gasteiger partial charge in [0.05, 0.1) is 21.7 Å². The van der Waals surface area contributed by atoms with Crippen molar-refractivity contribution in [3.05, 3.63) is 59.7 Å². The molecule has 1 aromatic heterocycles. The third-order valence-corrected chi connectivity index (χ3v) is 4.86. The third-order valence-electron chi connectivity index (χ3n) is 3.58. The van der Waals surface area contributed by atoms with Gasteiger partial charge in [-0.25, -0.2) is 4.98 Å². The van der Waals surface area contributed by atoms with Crippen LogP contribution in [-0.4, -0.2) is 4.98 Å². The van der Waals surface area contributed by atoms with Crippen LogP contribution in [0.3, 0.4) is 0 Å². The van der Waals surface area contributed by atoms with Gasteiger partial charge < -0.3 is 0 Å². The fourth-order valence-corrected chi connectivity index (χ4v) is 3.54. The van der Waals surface area contributed by atoms with Crippen LogP contribution in [0.1, 0.15) is 11.1 Å². The van der Waals surface area contributed by atoms with Crippen molar-refractivity contribution in [3.8, 4) is 21.7 Å². The summed E-state index contributed by atoms with van der Waals surface area (Å²) in [7, 11) is 0. The lowest BCUT2D eigenvalue weighted by atomic mass is 10.0. The molecule has 1 nitrogen and oxygen atoms in total. The number of hydrogen-bond donors (Lipinski definition) is 1. The molecule has 0 aliphatic rings. The summed E-state index contributed by atoms with van der Waals surface area (Å²) >= 11 is 5.29. The zero-order valence-electron chi connectivity index (χ0n) is 12.7. The van der Waals surface area contributed by atoms with Crippen LogP contribution in [0.4, 0.5) is 26.3 Å². The van der Waals surface area contributed by atoms with Gasteiger partial charge in [0.25, 0.3) is 0 Å². The fourth-order valence-electron chi connectivity index (χ4n) is 2.33. The lowest BCUT2D eigenvalue weighted by Crippen LogP contribution is -2.04. The first kappa shape index (κ1) is 18.8. The van der Waals surface area contributed by atoms with Gasteiger partial charge in [-0.1, -0.05) is 24.3 Å². The predicted molar refractivity (Wildman–Crippen MR) is 90.2 cm³/mol. The quantitative estimate of drug-likeness (QED) is 0.365. The third kappa shape index (κ3) is 3.88. The van der Waals surface area contributed by atoms with Gasteiger partial charge in [0.2, 0.25) is 0 Å². The molecule has 3 rings (SSSR count). The van der Waals surface area contributed by atoms with E-state index < -0.39 is 23.5 Å². The van der Waals surface area contributed by atoms with Gasteiger partial charge in [-0.05, 0) is 29.8 Å². The van der Waals surface area contributed by atoms with Crippen molar-refractivity contribution in [2.45, 2.75) is 16.7 Å². The van der Waals surface area contributed by atoms with E-state index in [1.807, 2.05) is 0 Å². The second-order valence-corrected chi connectivity index (χ2v) is 7.05. The van der Waals surface area contributed by atoms with Crippen LogP contribution in [0.5, 0.6) is 0 Å². The summed E-state index contributed by atoms with van der Waals surface area (Å²) in [5.74, 6) is 0. The van der Waals surface area contributed by atoms with Gasteiger partial charge in [-0.15, -0.1) is 24.0 Å². The maximum absolute atomic E-state index is 12.7. The molecular formula is C17H9F6NS2. The van der Waals surface area contributed by atoms with Crippen molar-refractivity contribution in [3.63, 3.8) is 0 Å². The molecule has 0 fully saturated rings. The summed E-state index contributed by atoms with van der Waals surface area (Å²) < 4.78 is 76.5. The highest BCUT2D eigenvalue weighted by Gasteiger charge is 2.31.